The third kappa shape index (κ3) is 1.04. The molecule has 0 spiro atoms. The molecule has 0 radical (unpaired) electrons. The van der Waals surface area contributed by atoms with Crippen molar-refractivity contribution in [3.05, 3.63) is 0 Å². The Bertz CT molecular complexity index is 269. The molecular formula is C9H12N2O2. The van der Waals surface area contributed by atoms with E-state index in [0.717, 1.165) is 12.3 Å². The van der Waals surface area contributed by atoms with Crippen LogP contribution in [0.25, 0.3) is 0 Å². The highest BCUT2D eigenvalue weighted by molar-refractivity contribution is 6.02. The summed E-state index contributed by atoms with van der Waals surface area (Å²) in [7, 11) is 0. The monoisotopic (exact) mass is 180 g/mol. The molecule has 3 rings (SSSR count). The zero-order valence-corrected chi connectivity index (χ0v) is 7.32. The number of hydrogen-bond acceptors (Lipinski definition) is 2. The molecule has 0 bridgehead atoms. The minimum atomic E-state index is -0.182. The molecule has 2 saturated carbocycles. The van der Waals surface area contributed by atoms with E-state index in [1.807, 2.05) is 0 Å². The van der Waals surface area contributed by atoms with Crippen molar-refractivity contribution in [2.24, 2.45) is 11.8 Å². The number of carbonyl (C=O) groups is 2. The number of imide groups is 1. The van der Waals surface area contributed by atoms with Crippen LogP contribution in [0.5, 0.6) is 0 Å². The van der Waals surface area contributed by atoms with Crippen molar-refractivity contribution in [3.63, 3.8) is 0 Å². The van der Waals surface area contributed by atoms with Gasteiger partial charge in [-0.15, -0.1) is 0 Å². The summed E-state index contributed by atoms with van der Waals surface area (Å²) in [6, 6.07) is 0.0562. The molecule has 70 valence electrons. The van der Waals surface area contributed by atoms with Crippen molar-refractivity contribution in [1.82, 2.24) is 10.2 Å². The van der Waals surface area contributed by atoms with Crippen LogP contribution in [0.1, 0.15) is 19.3 Å². The fourth-order valence-corrected chi connectivity index (χ4v) is 2.30. The van der Waals surface area contributed by atoms with Crippen LogP contribution >= 0.6 is 0 Å². The summed E-state index contributed by atoms with van der Waals surface area (Å²) in [6.07, 6.45) is 3.64. The maximum atomic E-state index is 11.3. The van der Waals surface area contributed by atoms with E-state index in [4.69, 9.17) is 0 Å². The Morgan fingerprint density at radius 1 is 1.31 bits per heavy atom. The Hall–Kier alpha value is -1.06. The Morgan fingerprint density at radius 2 is 2.08 bits per heavy atom. The highest BCUT2D eigenvalue weighted by atomic mass is 16.2. The molecule has 4 heteroatoms. The lowest BCUT2D eigenvalue weighted by Crippen LogP contribution is -2.34. The van der Waals surface area contributed by atoms with E-state index >= 15 is 0 Å². The Labute approximate surface area is 76.3 Å². The second kappa shape index (κ2) is 2.25. The van der Waals surface area contributed by atoms with Gasteiger partial charge in [0.2, 0.25) is 5.91 Å². The van der Waals surface area contributed by atoms with Crippen molar-refractivity contribution < 1.29 is 9.59 Å². The molecule has 3 aliphatic rings. The van der Waals surface area contributed by atoms with Crippen LogP contribution in [-0.4, -0.2) is 29.4 Å². The Kier molecular flexibility index (Phi) is 1.27. The van der Waals surface area contributed by atoms with E-state index in [9.17, 15) is 9.59 Å². The molecule has 0 aromatic rings. The van der Waals surface area contributed by atoms with Gasteiger partial charge in [0, 0.05) is 6.04 Å². The lowest BCUT2D eigenvalue weighted by Gasteiger charge is -2.11. The lowest BCUT2D eigenvalue weighted by molar-refractivity contribution is -0.125. The largest absolute Gasteiger partial charge is 0.329 e. The minimum absolute atomic E-state index is 0.0434. The number of hydrogen-bond donors (Lipinski definition) is 1. The van der Waals surface area contributed by atoms with E-state index in [1.165, 1.54) is 17.7 Å². The van der Waals surface area contributed by atoms with Crippen molar-refractivity contribution >= 4 is 11.9 Å². The van der Waals surface area contributed by atoms with E-state index in [-0.39, 0.29) is 24.5 Å². The first-order chi connectivity index (χ1) is 6.27. The highest BCUT2D eigenvalue weighted by Gasteiger charge is 2.54. The smallest absolute Gasteiger partial charge is 0.324 e. The second-order valence-electron chi connectivity index (χ2n) is 4.23. The molecule has 2 aliphatic carbocycles. The third-order valence-electron chi connectivity index (χ3n) is 3.24. The molecular weight excluding hydrogens is 168 g/mol. The topological polar surface area (TPSA) is 49.4 Å². The predicted molar refractivity (Wildman–Crippen MR) is 44.9 cm³/mol. The normalized spacial score (nSPS) is 38.0. The maximum absolute atomic E-state index is 11.3. The fourth-order valence-electron chi connectivity index (χ4n) is 2.30. The number of urea groups is 1. The summed E-state index contributed by atoms with van der Waals surface area (Å²) >= 11 is 0. The number of carbonyl (C=O) groups excluding carboxylic acids is 2. The number of rotatable bonds is 2. The van der Waals surface area contributed by atoms with Gasteiger partial charge in [-0.25, -0.2) is 4.79 Å². The molecule has 1 N–H and O–H groups in total. The molecule has 0 aromatic carbocycles. The minimum Gasteiger partial charge on any atom is -0.329 e. The third-order valence-corrected chi connectivity index (χ3v) is 3.24. The summed E-state index contributed by atoms with van der Waals surface area (Å²) < 4.78 is 0. The first-order valence-electron chi connectivity index (χ1n) is 4.87. The number of nitrogens with one attached hydrogen (secondary N) is 1. The molecule has 1 heterocycles. The number of nitrogens with zero attached hydrogens (tertiary/aromatic N) is 1. The molecule has 1 aliphatic heterocycles. The van der Waals surface area contributed by atoms with E-state index in [1.54, 1.807) is 0 Å². The molecule has 0 aromatic heterocycles. The zero-order valence-electron chi connectivity index (χ0n) is 7.32. The average Bonchev–Trinajstić information content (AvgIpc) is 2.95. The first-order valence-corrected chi connectivity index (χ1v) is 4.87. The Morgan fingerprint density at radius 3 is 2.62 bits per heavy atom. The predicted octanol–water partition coefficient (Wildman–Crippen LogP) is 0.337. The van der Waals surface area contributed by atoms with Crippen molar-refractivity contribution in [2.75, 3.05) is 6.54 Å². The van der Waals surface area contributed by atoms with Gasteiger partial charge in [-0.05, 0) is 31.1 Å². The highest BCUT2D eigenvalue weighted by Crippen LogP contribution is 2.52. The van der Waals surface area contributed by atoms with Crippen LogP contribution in [0.15, 0.2) is 0 Å². The van der Waals surface area contributed by atoms with Gasteiger partial charge in [0.15, 0.2) is 0 Å². The average molecular weight is 180 g/mol. The van der Waals surface area contributed by atoms with Gasteiger partial charge < -0.3 is 5.32 Å². The van der Waals surface area contributed by atoms with Gasteiger partial charge in [0.1, 0.15) is 0 Å². The second-order valence-corrected chi connectivity index (χ2v) is 4.23. The van der Waals surface area contributed by atoms with Gasteiger partial charge in [0.05, 0.1) is 6.54 Å². The maximum Gasteiger partial charge on any atom is 0.324 e. The van der Waals surface area contributed by atoms with Crippen LogP contribution in [0.2, 0.25) is 0 Å². The SMILES string of the molecule is O=C1CNC(=O)N1C1CC1C1CC1. The van der Waals surface area contributed by atoms with Crippen LogP contribution < -0.4 is 5.32 Å². The molecule has 3 fully saturated rings. The molecule has 4 nitrogen and oxygen atoms in total. The van der Waals surface area contributed by atoms with Crippen LogP contribution in [0.4, 0.5) is 4.79 Å². The van der Waals surface area contributed by atoms with Gasteiger partial charge in [-0.3, -0.25) is 9.69 Å². The van der Waals surface area contributed by atoms with E-state index in [0.29, 0.717) is 5.92 Å². The molecule has 1 saturated heterocycles. The first kappa shape index (κ1) is 7.35. The van der Waals surface area contributed by atoms with Gasteiger partial charge >= 0.3 is 6.03 Å². The number of amides is 3. The van der Waals surface area contributed by atoms with Crippen LogP contribution in [0, 0.1) is 11.8 Å². The summed E-state index contributed by atoms with van der Waals surface area (Å²) in [5.41, 5.74) is 0. The van der Waals surface area contributed by atoms with Crippen molar-refractivity contribution in [2.45, 2.75) is 25.3 Å². The standard InChI is InChI=1S/C9H12N2O2/c12-8-4-10-9(13)11(8)7-3-6(7)5-1-2-5/h5-7H,1-4H2,(H,10,13). The van der Waals surface area contributed by atoms with Gasteiger partial charge in [-0.1, -0.05) is 0 Å². The van der Waals surface area contributed by atoms with Crippen molar-refractivity contribution in [3.8, 4) is 0 Å². The van der Waals surface area contributed by atoms with E-state index < -0.39 is 0 Å². The zero-order chi connectivity index (χ0) is 9.00. The quantitative estimate of drug-likeness (QED) is 0.623. The van der Waals surface area contributed by atoms with E-state index in [2.05, 4.69) is 5.32 Å². The summed E-state index contributed by atoms with van der Waals surface area (Å²) in [6.45, 7) is 0.201. The fraction of sp³-hybridized carbons (Fsp3) is 0.778. The Balaban J connectivity index is 1.71. The molecule has 13 heavy (non-hydrogen) atoms. The van der Waals surface area contributed by atoms with Crippen LogP contribution in [0.3, 0.4) is 0 Å². The van der Waals surface area contributed by atoms with Gasteiger partial charge in [0.25, 0.3) is 0 Å². The van der Waals surface area contributed by atoms with Gasteiger partial charge in [-0.2, -0.15) is 0 Å². The lowest BCUT2D eigenvalue weighted by atomic mass is 10.2. The summed E-state index contributed by atoms with van der Waals surface area (Å²) in [5, 5.41) is 2.56. The molecule has 2 unspecified atom stereocenters. The molecule has 3 amide bonds. The summed E-state index contributed by atoms with van der Waals surface area (Å²) in [4.78, 5) is 24.0. The van der Waals surface area contributed by atoms with Crippen molar-refractivity contribution in [1.29, 1.82) is 0 Å². The summed E-state index contributed by atoms with van der Waals surface area (Å²) in [5.74, 6) is 1.40. The molecule has 2 atom stereocenters. The van der Waals surface area contributed by atoms with Crippen LogP contribution in [-0.2, 0) is 4.79 Å².